The van der Waals surface area contributed by atoms with E-state index in [4.69, 9.17) is 5.11 Å². The Bertz CT molecular complexity index is 241. The van der Waals surface area contributed by atoms with Crippen molar-refractivity contribution in [1.82, 2.24) is 0 Å². The van der Waals surface area contributed by atoms with Gasteiger partial charge in [0, 0.05) is 6.61 Å². The van der Waals surface area contributed by atoms with Crippen molar-refractivity contribution in [2.45, 2.75) is 122 Å². The average Bonchev–Trinajstić information content (AvgIpc) is 2.53. The van der Waals surface area contributed by atoms with Crippen LogP contribution in [-0.4, -0.2) is 33.6 Å². The lowest BCUT2D eigenvalue weighted by molar-refractivity contribution is -0.0735. The van der Waals surface area contributed by atoms with E-state index in [0.29, 0.717) is 19.3 Å². The molecule has 0 aromatic rings. The molecule has 0 aliphatic rings. The molecule has 3 nitrogen and oxygen atoms in total. The van der Waals surface area contributed by atoms with Crippen molar-refractivity contribution >= 4 is 0 Å². The Morgan fingerprint density at radius 2 is 1.17 bits per heavy atom. The molecule has 0 bridgehead atoms. The SMILES string of the molecule is CCCCCCCCCCCCCCC(O)C(C)(O)CCCO. The van der Waals surface area contributed by atoms with Crippen molar-refractivity contribution in [3.63, 3.8) is 0 Å². The lowest BCUT2D eigenvalue weighted by Crippen LogP contribution is -2.39. The standard InChI is InChI=1S/C20H42O3/c1-3-4-5-6-7-8-9-10-11-12-13-14-16-19(22)20(2,23)17-15-18-21/h19,21-23H,3-18H2,1-2H3. The van der Waals surface area contributed by atoms with E-state index < -0.39 is 11.7 Å². The second kappa shape index (κ2) is 15.4. The van der Waals surface area contributed by atoms with E-state index in [9.17, 15) is 10.2 Å². The largest absolute Gasteiger partial charge is 0.396 e. The summed E-state index contributed by atoms with van der Waals surface area (Å²) >= 11 is 0. The van der Waals surface area contributed by atoms with Crippen molar-refractivity contribution < 1.29 is 15.3 Å². The third-order valence-corrected chi connectivity index (χ3v) is 4.89. The van der Waals surface area contributed by atoms with E-state index >= 15 is 0 Å². The van der Waals surface area contributed by atoms with Crippen LogP contribution in [0.3, 0.4) is 0 Å². The molecular formula is C20H42O3. The molecule has 0 heterocycles. The first-order chi connectivity index (χ1) is 11.0. The van der Waals surface area contributed by atoms with Gasteiger partial charge in [-0.05, 0) is 26.2 Å². The van der Waals surface area contributed by atoms with Crippen LogP contribution in [0.1, 0.15) is 110 Å². The maximum Gasteiger partial charge on any atom is 0.0878 e. The molecule has 23 heavy (non-hydrogen) atoms. The maximum absolute atomic E-state index is 10.1. The highest BCUT2D eigenvalue weighted by Gasteiger charge is 2.28. The van der Waals surface area contributed by atoms with Crippen molar-refractivity contribution in [2.75, 3.05) is 6.61 Å². The topological polar surface area (TPSA) is 60.7 Å². The van der Waals surface area contributed by atoms with Crippen LogP contribution in [0.4, 0.5) is 0 Å². The van der Waals surface area contributed by atoms with Crippen LogP contribution >= 0.6 is 0 Å². The fraction of sp³-hybridized carbons (Fsp3) is 1.00. The quantitative estimate of drug-likeness (QED) is 0.330. The third-order valence-electron chi connectivity index (χ3n) is 4.89. The molecule has 0 rings (SSSR count). The summed E-state index contributed by atoms with van der Waals surface area (Å²) in [5.74, 6) is 0. The van der Waals surface area contributed by atoms with Gasteiger partial charge in [-0.25, -0.2) is 0 Å². The molecule has 2 atom stereocenters. The van der Waals surface area contributed by atoms with Crippen LogP contribution < -0.4 is 0 Å². The molecule has 0 aromatic carbocycles. The summed E-state index contributed by atoms with van der Waals surface area (Å²) in [5.41, 5.74) is -1.06. The predicted molar refractivity (Wildman–Crippen MR) is 98.6 cm³/mol. The maximum atomic E-state index is 10.1. The van der Waals surface area contributed by atoms with Crippen molar-refractivity contribution in [1.29, 1.82) is 0 Å². The number of hydrogen-bond acceptors (Lipinski definition) is 3. The van der Waals surface area contributed by atoms with Crippen LogP contribution in [0.25, 0.3) is 0 Å². The van der Waals surface area contributed by atoms with Crippen LogP contribution in [0.15, 0.2) is 0 Å². The summed E-state index contributed by atoms with van der Waals surface area (Å²) in [6.07, 6.45) is 16.7. The Kier molecular flexibility index (Phi) is 15.3. The molecule has 0 amide bonds. The van der Waals surface area contributed by atoms with Gasteiger partial charge in [0.1, 0.15) is 0 Å². The number of unbranched alkanes of at least 4 members (excludes halogenated alkanes) is 11. The average molecular weight is 331 g/mol. The Morgan fingerprint density at radius 1 is 0.739 bits per heavy atom. The molecule has 0 saturated heterocycles. The van der Waals surface area contributed by atoms with Gasteiger partial charge in [0.15, 0.2) is 0 Å². The van der Waals surface area contributed by atoms with Gasteiger partial charge in [0.25, 0.3) is 0 Å². The molecule has 2 unspecified atom stereocenters. The first-order valence-corrected chi connectivity index (χ1v) is 10.1. The van der Waals surface area contributed by atoms with Gasteiger partial charge in [-0.1, -0.05) is 84.0 Å². The number of hydrogen-bond donors (Lipinski definition) is 3. The lowest BCUT2D eigenvalue weighted by Gasteiger charge is -2.29. The lowest BCUT2D eigenvalue weighted by atomic mass is 9.90. The summed E-state index contributed by atoms with van der Waals surface area (Å²) < 4.78 is 0. The molecule has 3 N–H and O–H groups in total. The molecule has 140 valence electrons. The summed E-state index contributed by atoms with van der Waals surface area (Å²) in [6, 6.07) is 0. The van der Waals surface area contributed by atoms with E-state index in [0.717, 1.165) is 12.8 Å². The Hall–Kier alpha value is -0.120. The molecule has 0 aliphatic heterocycles. The van der Waals surface area contributed by atoms with Gasteiger partial charge in [0.05, 0.1) is 11.7 Å². The van der Waals surface area contributed by atoms with E-state index in [2.05, 4.69) is 6.92 Å². The number of aliphatic hydroxyl groups is 3. The highest BCUT2D eigenvalue weighted by molar-refractivity contribution is 4.81. The van der Waals surface area contributed by atoms with Gasteiger partial charge in [-0.3, -0.25) is 0 Å². The summed E-state index contributed by atoms with van der Waals surface area (Å²) in [7, 11) is 0. The smallest absolute Gasteiger partial charge is 0.0878 e. The van der Waals surface area contributed by atoms with Crippen molar-refractivity contribution in [3.8, 4) is 0 Å². The third kappa shape index (κ3) is 14.0. The van der Waals surface area contributed by atoms with Crippen LogP contribution in [-0.2, 0) is 0 Å². The zero-order valence-electron chi connectivity index (χ0n) is 15.7. The first-order valence-electron chi connectivity index (χ1n) is 10.1. The predicted octanol–water partition coefficient (Wildman–Crippen LogP) is 4.96. The van der Waals surface area contributed by atoms with Gasteiger partial charge >= 0.3 is 0 Å². The molecule has 0 spiro atoms. The molecule has 0 radical (unpaired) electrons. The fourth-order valence-electron chi connectivity index (χ4n) is 3.09. The second-order valence-electron chi connectivity index (χ2n) is 7.38. The normalized spacial score (nSPS) is 15.5. The zero-order valence-corrected chi connectivity index (χ0v) is 15.7. The molecule has 0 fully saturated rings. The molecule has 3 heteroatoms. The van der Waals surface area contributed by atoms with Gasteiger partial charge in [-0.15, -0.1) is 0 Å². The second-order valence-corrected chi connectivity index (χ2v) is 7.38. The molecule has 0 saturated carbocycles. The summed E-state index contributed by atoms with van der Waals surface area (Å²) in [4.78, 5) is 0. The van der Waals surface area contributed by atoms with E-state index in [1.54, 1.807) is 6.92 Å². The van der Waals surface area contributed by atoms with Gasteiger partial charge in [-0.2, -0.15) is 0 Å². The van der Waals surface area contributed by atoms with Gasteiger partial charge < -0.3 is 15.3 Å². The Morgan fingerprint density at radius 3 is 1.61 bits per heavy atom. The molecule has 0 aromatic heterocycles. The zero-order chi connectivity index (χ0) is 17.4. The minimum absolute atomic E-state index is 0.0709. The minimum atomic E-state index is -1.06. The Labute approximate surface area is 144 Å². The van der Waals surface area contributed by atoms with Gasteiger partial charge in [0.2, 0.25) is 0 Å². The Balaban J connectivity index is 3.35. The van der Waals surface area contributed by atoms with E-state index in [1.165, 1.54) is 64.2 Å². The van der Waals surface area contributed by atoms with E-state index in [1.807, 2.05) is 0 Å². The summed E-state index contributed by atoms with van der Waals surface area (Å²) in [5, 5.41) is 29.0. The van der Waals surface area contributed by atoms with E-state index in [-0.39, 0.29) is 6.61 Å². The number of aliphatic hydroxyl groups excluding tert-OH is 2. The monoisotopic (exact) mass is 330 g/mol. The highest BCUT2D eigenvalue weighted by Crippen LogP contribution is 2.21. The highest BCUT2D eigenvalue weighted by atomic mass is 16.3. The van der Waals surface area contributed by atoms with Crippen LogP contribution in [0, 0.1) is 0 Å². The van der Waals surface area contributed by atoms with Crippen molar-refractivity contribution in [3.05, 3.63) is 0 Å². The van der Waals surface area contributed by atoms with Crippen LogP contribution in [0.2, 0.25) is 0 Å². The molecule has 0 aliphatic carbocycles. The van der Waals surface area contributed by atoms with Crippen LogP contribution in [0.5, 0.6) is 0 Å². The molecular weight excluding hydrogens is 288 g/mol. The first kappa shape index (κ1) is 22.9. The summed E-state index contributed by atoms with van der Waals surface area (Å²) in [6.45, 7) is 4.00. The minimum Gasteiger partial charge on any atom is -0.396 e. The fourth-order valence-corrected chi connectivity index (χ4v) is 3.09. The van der Waals surface area contributed by atoms with Crippen molar-refractivity contribution in [2.24, 2.45) is 0 Å². The number of rotatable bonds is 17.